The smallest absolute Gasteiger partial charge is 0.657 e. The Kier molecular flexibility index (Phi) is 13.0. The number of hydrogen-bond donors (Lipinski definition) is 0. The molecule has 2 nitrogen and oxygen atoms in total. The van der Waals surface area contributed by atoms with Gasteiger partial charge in [-0.05, 0) is 72.9 Å². The topological polar surface area (TPSA) is 31.2 Å². The molecule has 0 bridgehead atoms. The van der Waals surface area contributed by atoms with Crippen LogP contribution in [0.2, 0.25) is 0 Å². The van der Waals surface area contributed by atoms with Gasteiger partial charge in [-0.2, -0.15) is 0 Å². The minimum Gasteiger partial charge on any atom is -0.657 e. The fourth-order valence-electron chi connectivity index (χ4n) is 5.05. The molecule has 5 heteroatoms. The Morgan fingerprint density at radius 1 is 0.697 bits per heavy atom. The van der Waals surface area contributed by atoms with E-state index in [4.69, 9.17) is 10.1 Å². The minimum absolute atomic E-state index is 0. The molecular formula is C28H43NOP2Ru+2. The normalized spacial score (nSPS) is 12.4. The van der Waals surface area contributed by atoms with Crippen molar-refractivity contribution in [2.24, 2.45) is 0 Å². The predicted molar refractivity (Wildman–Crippen MR) is 150 cm³/mol. The van der Waals surface area contributed by atoms with E-state index in [1.165, 1.54) is 46.0 Å². The summed E-state index contributed by atoms with van der Waals surface area (Å²) in [4.78, 5) is 7.75. The zero-order chi connectivity index (χ0) is 24.0. The van der Waals surface area contributed by atoms with Crippen molar-refractivity contribution >= 4 is 34.0 Å². The van der Waals surface area contributed by atoms with Crippen LogP contribution in [0.25, 0.3) is 5.32 Å². The second kappa shape index (κ2) is 14.1. The molecule has 1 heterocycles. The third-order valence-electron chi connectivity index (χ3n) is 6.77. The quantitative estimate of drug-likeness (QED) is 0.115. The van der Waals surface area contributed by atoms with Crippen LogP contribution in [0, 0.1) is 0 Å². The molecule has 0 aliphatic carbocycles. The Morgan fingerprint density at radius 2 is 1.03 bits per heavy atom. The van der Waals surface area contributed by atoms with Crippen molar-refractivity contribution in [1.82, 2.24) is 0 Å². The molecule has 1 aliphatic rings. The van der Waals surface area contributed by atoms with Crippen molar-refractivity contribution in [3.63, 3.8) is 0 Å². The van der Waals surface area contributed by atoms with E-state index >= 15 is 0 Å². The number of fused-ring (bicyclic) bond motifs is 2. The summed E-state index contributed by atoms with van der Waals surface area (Å²) < 4.78 is 0. The number of nitrogens with zero attached hydrogens (tertiary/aromatic N) is 1. The van der Waals surface area contributed by atoms with Crippen LogP contribution in [0.4, 0.5) is 11.4 Å². The Morgan fingerprint density at radius 3 is 1.33 bits per heavy atom. The first-order chi connectivity index (χ1) is 15.2. The van der Waals surface area contributed by atoms with Crippen molar-refractivity contribution in [3.8, 4) is 0 Å². The van der Waals surface area contributed by atoms with Gasteiger partial charge in [0, 0.05) is 15.8 Å². The zero-order valence-corrected chi connectivity index (χ0v) is 25.4. The average Bonchev–Trinajstić information content (AvgIpc) is 2.74. The van der Waals surface area contributed by atoms with E-state index in [-0.39, 0.29) is 19.5 Å². The van der Waals surface area contributed by atoms with Gasteiger partial charge in [-0.3, -0.25) is 6.79 Å². The van der Waals surface area contributed by atoms with Crippen LogP contribution >= 0.6 is 15.8 Å². The summed E-state index contributed by atoms with van der Waals surface area (Å²) in [6, 6.07) is 13.8. The van der Waals surface area contributed by atoms with Crippen molar-refractivity contribution in [2.45, 2.75) is 96.8 Å². The Labute approximate surface area is 218 Å². The van der Waals surface area contributed by atoms with Gasteiger partial charge in [-0.25, -0.2) is 0 Å². The van der Waals surface area contributed by atoms with Crippen molar-refractivity contribution < 1.29 is 24.3 Å². The molecule has 0 amide bonds. The molecule has 0 unspecified atom stereocenters. The van der Waals surface area contributed by atoms with Gasteiger partial charge in [0.05, 0.1) is 35.0 Å². The molecule has 3 rings (SSSR count). The molecule has 0 atom stereocenters. The fraction of sp³-hybridized carbons (Fsp3) is 0.536. The minimum atomic E-state index is -0.446. The zero-order valence-electron chi connectivity index (χ0n) is 21.7. The monoisotopic (exact) mass is 573 g/mol. The van der Waals surface area contributed by atoms with E-state index < -0.39 is 15.8 Å². The van der Waals surface area contributed by atoms with Crippen molar-refractivity contribution in [1.29, 1.82) is 0 Å². The fourth-order valence-corrected chi connectivity index (χ4v) is 10.8. The van der Waals surface area contributed by atoms with E-state index in [0.717, 1.165) is 29.1 Å². The summed E-state index contributed by atoms with van der Waals surface area (Å²) in [5.41, 5.74) is 11.6. The first kappa shape index (κ1) is 30.4. The first-order valence-corrected chi connectivity index (χ1v) is 15.8. The average molecular weight is 573 g/mol. The van der Waals surface area contributed by atoms with Gasteiger partial charge in [-0.1, -0.05) is 47.5 Å². The predicted octanol–water partition coefficient (Wildman–Crippen LogP) is 8.71. The maximum absolute atomic E-state index is 7.75. The van der Waals surface area contributed by atoms with Crippen molar-refractivity contribution in [3.05, 3.63) is 64.0 Å². The van der Waals surface area contributed by atoms with Crippen LogP contribution in [0.1, 0.15) is 77.6 Å². The molecular weight excluding hydrogens is 529 g/mol. The molecule has 0 fully saturated rings. The molecule has 1 aliphatic heterocycles. The molecule has 0 spiro atoms. The summed E-state index contributed by atoms with van der Waals surface area (Å²) in [7, 11) is -0.892. The number of carbonyl (C=O) groups excluding carboxylic acids is 1. The Balaban J connectivity index is 0.00000177. The Hall–Kier alpha value is -0.607. The third kappa shape index (κ3) is 7.69. The summed E-state index contributed by atoms with van der Waals surface area (Å²) in [6.45, 7) is 22.5. The maximum Gasteiger partial charge on any atom is 2.00 e. The molecule has 2 aromatic rings. The SMILES string of the molecule is CC(C)[PH+](Cc1cccc2c1[N-]c1c(cccc1C[PH+](C(C)C)C(C)C)C2)C(C)C.[CH-]=O.[Ru+2]. The molecule has 0 aromatic heterocycles. The van der Waals surface area contributed by atoms with Crippen LogP contribution in [-0.2, 0) is 43.0 Å². The molecule has 182 valence electrons. The largest absolute Gasteiger partial charge is 2.00 e. The van der Waals surface area contributed by atoms with Crippen LogP contribution in [0.5, 0.6) is 0 Å². The van der Waals surface area contributed by atoms with E-state index in [0.29, 0.717) is 0 Å². The number of rotatable bonds is 8. The van der Waals surface area contributed by atoms with E-state index in [1.54, 1.807) is 0 Å². The Bertz CT molecular complexity index is 797. The van der Waals surface area contributed by atoms with Crippen molar-refractivity contribution in [2.75, 3.05) is 0 Å². The van der Waals surface area contributed by atoms with Gasteiger partial charge >= 0.3 is 19.5 Å². The van der Waals surface area contributed by atoms with E-state index in [9.17, 15) is 0 Å². The van der Waals surface area contributed by atoms with Crippen LogP contribution in [0.15, 0.2) is 36.4 Å². The number of benzene rings is 2. The molecule has 0 N–H and O–H groups in total. The van der Waals surface area contributed by atoms with Gasteiger partial charge in [0.2, 0.25) is 0 Å². The number of hydrogen-bond acceptors (Lipinski definition) is 1. The summed E-state index contributed by atoms with van der Waals surface area (Å²) in [6.07, 6.45) is 3.50. The van der Waals surface area contributed by atoms with Crippen LogP contribution in [0.3, 0.4) is 0 Å². The number of para-hydroxylation sites is 2. The molecule has 33 heavy (non-hydrogen) atoms. The van der Waals surface area contributed by atoms with Gasteiger partial charge in [0.25, 0.3) is 0 Å². The summed E-state index contributed by atoms with van der Waals surface area (Å²) >= 11 is 0. The maximum atomic E-state index is 7.75. The van der Waals surface area contributed by atoms with E-state index in [1.807, 2.05) is 0 Å². The summed E-state index contributed by atoms with van der Waals surface area (Å²) in [5.74, 6) is 0. The second-order valence-corrected chi connectivity index (χ2v) is 17.9. The molecule has 0 radical (unpaired) electrons. The van der Waals surface area contributed by atoms with Crippen LogP contribution < -0.4 is 0 Å². The van der Waals surface area contributed by atoms with Gasteiger partial charge in [0.1, 0.15) is 0 Å². The first-order valence-electron chi connectivity index (χ1n) is 12.1. The van der Waals surface area contributed by atoms with Gasteiger partial charge in [0.15, 0.2) is 0 Å². The summed E-state index contributed by atoms with van der Waals surface area (Å²) in [5, 5.41) is 5.38. The van der Waals surface area contributed by atoms with Gasteiger partial charge in [-0.15, -0.1) is 11.4 Å². The van der Waals surface area contributed by atoms with Crippen LogP contribution in [-0.4, -0.2) is 29.4 Å². The second-order valence-electron chi connectivity index (χ2n) is 10.3. The molecule has 0 saturated heterocycles. The standard InChI is InChI=1S/C27H40NP2.CHO.Ru/c1-18(2)29(19(3)4)16-24-13-9-11-22-15-23-12-10-14-25(27(23)28-26(22)24)17-30(20(5)6)21(7)8;1-2;/h9-14,18-21H,15-17H2,1-8H3;1H;/q2*-1;+2/p+2. The third-order valence-corrected chi connectivity index (χ3v) is 14.3. The van der Waals surface area contributed by atoms with E-state index in [2.05, 4.69) is 98.6 Å². The molecule has 0 saturated carbocycles. The molecule has 2 aromatic carbocycles. The van der Waals surface area contributed by atoms with Gasteiger partial charge < -0.3 is 10.1 Å².